The Morgan fingerprint density at radius 2 is 2.06 bits per heavy atom. The fourth-order valence-electron chi connectivity index (χ4n) is 2.78. The Morgan fingerprint density at radius 3 is 2.72 bits per heavy atom. The Labute approximate surface area is 111 Å². The summed E-state index contributed by atoms with van der Waals surface area (Å²) in [7, 11) is 1.77. The molecule has 1 aromatic carbocycles. The Kier molecular flexibility index (Phi) is 5.06. The van der Waals surface area contributed by atoms with Crippen molar-refractivity contribution in [2.75, 3.05) is 20.2 Å². The van der Waals surface area contributed by atoms with Gasteiger partial charge in [-0.15, -0.1) is 0 Å². The van der Waals surface area contributed by atoms with Crippen molar-refractivity contribution in [2.24, 2.45) is 5.92 Å². The molecule has 1 N–H and O–H groups in total. The van der Waals surface area contributed by atoms with Crippen LogP contribution in [0.4, 0.5) is 0 Å². The van der Waals surface area contributed by atoms with E-state index in [2.05, 4.69) is 30.4 Å². The van der Waals surface area contributed by atoms with Crippen molar-refractivity contribution in [1.82, 2.24) is 5.32 Å². The molecule has 0 bridgehead atoms. The number of piperidine rings is 1. The highest BCUT2D eigenvalue weighted by molar-refractivity contribution is 5.37. The van der Waals surface area contributed by atoms with E-state index in [1.807, 2.05) is 0 Å². The molecule has 18 heavy (non-hydrogen) atoms. The third-order valence-corrected chi connectivity index (χ3v) is 4.03. The van der Waals surface area contributed by atoms with Crippen LogP contribution in [0.5, 0.6) is 5.75 Å². The molecular formula is C16H25NO. The average Bonchev–Trinajstić information content (AvgIpc) is 2.45. The molecule has 1 aromatic rings. The van der Waals surface area contributed by atoms with Gasteiger partial charge in [0.1, 0.15) is 5.75 Å². The van der Waals surface area contributed by atoms with E-state index < -0.39 is 0 Å². The fraction of sp³-hybridized carbons (Fsp3) is 0.625. The highest BCUT2D eigenvalue weighted by atomic mass is 16.5. The van der Waals surface area contributed by atoms with Crippen molar-refractivity contribution >= 4 is 0 Å². The van der Waals surface area contributed by atoms with Gasteiger partial charge in [0.05, 0.1) is 7.11 Å². The van der Waals surface area contributed by atoms with Crippen LogP contribution in [0.3, 0.4) is 0 Å². The first-order chi connectivity index (χ1) is 8.83. The van der Waals surface area contributed by atoms with Crippen molar-refractivity contribution in [3.63, 3.8) is 0 Å². The molecule has 0 aromatic heterocycles. The van der Waals surface area contributed by atoms with Gasteiger partial charge >= 0.3 is 0 Å². The van der Waals surface area contributed by atoms with Gasteiger partial charge in [-0.1, -0.05) is 19.1 Å². The molecule has 1 saturated heterocycles. The summed E-state index contributed by atoms with van der Waals surface area (Å²) >= 11 is 0. The van der Waals surface area contributed by atoms with Crippen LogP contribution >= 0.6 is 0 Å². The number of hydrogen-bond donors (Lipinski definition) is 1. The molecule has 0 unspecified atom stereocenters. The van der Waals surface area contributed by atoms with E-state index in [1.165, 1.54) is 43.5 Å². The Balaban J connectivity index is 1.97. The van der Waals surface area contributed by atoms with Crippen LogP contribution < -0.4 is 10.1 Å². The van der Waals surface area contributed by atoms with Gasteiger partial charge in [-0.3, -0.25) is 0 Å². The van der Waals surface area contributed by atoms with Crippen LogP contribution in [0.1, 0.15) is 37.3 Å². The third-order valence-electron chi connectivity index (χ3n) is 4.03. The van der Waals surface area contributed by atoms with Gasteiger partial charge in [0, 0.05) is 0 Å². The van der Waals surface area contributed by atoms with E-state index in [-0.39, 0.29) is 0 Å². The zero-order chi connectivity index (χ0) is 12.8. The lowest BCUT2D eigenvalue weighted by Gasteiger charge is -2.22. The molecule has 100 valence electrons. The molecule has 2 nitrogen and oxygen atoms in total. The maximum atomic E-state index is 5.47. The van der Waals surface area contributed by atoms with E-state index in [0.717, 1.165) is 24.5 Å². The minimum absolute atomic E-state index is 0.890. The minimum atomic E-state index is 0.890. The Bertz CT molecular complexity index is 369. The number of ether oxygens (including phenoxy) is 1. The number of hydrogen-bond acceptors (Lipinski definition) is 2. The summed E-state index contributed by atoms with van der Waals surface area (Å²) in [5, 5.41) is 3.43. The van der Waals surface area contributed by atoms with Crippen molar-refractivity contribution in [3.05, 3.63) is 29.3 Å². The Hall–Kier alpha value is -1.02. The zero-order valence-electron chi connectivity index (χ0n) is 11.7. The van der Waals surface area contributed by atoms with Crippen molar-refractivity contribution in [2.45, 2.75) is 39.0 Å². The van der Waals surface area contributed by atoms with Crippen LogP contribution in [0.15, 0.2) is 18.2 Å². The normalized spacial score (nSPS) is 16.8. The highest BCUT2D eigenvalue weighted by Gasteiger charge is 2.14. The molecule has 0 radical (unpaired) electrons. The highest BCUT2D eigenvalue weighted by Crippen LogP contribution is 2.25. The standard InChI is InChI=1S/C16H25NO/c1-3-13-5-7-16(18-2)15(12-13)6-4-14-8-10-17-11-9-14/h5,7,12,14,17H,3-4,6,8-11H2,1-2H3. The van der Waals surface area contributed by atoms with Gasteiger partial charge in [-0.25, -0.2) is 0 Å². The summed E-state index contributed by atoms with van der Waals surface area (Å²) in [6, 6.07) is 6.61. The summed E-state index contributed by atoms with van der Waals surface area (Å²) in [5.74, 6) is 1.95. The quantitative estimate of drug-likeness (QED) is 0.863. The second kappa shape index (κ2) is 6.79. The summed E-state index contributed by atoms with van der Waals surface area (Å²) in [4.78, 5) is 0. The summed E-state index contributed by atoms with van der Waals surface area (Å²) in [6.07, 6.45) is 6.21. The van der Waals surface area contributed by atoms with Gasteiger partial charge in [-0.05, 0) is 68.3 Å². The first-order valence-electron chi connectivity index (χ1n) is 7.20. The topological polar surface area (TPSA) is 21.3 Å². The molecule has 1 fully saturated rings. The smallest absolute Gasteiger partial charge is 0.122 e. The molecular weight excluding hydrogens is 222 g/mol. The molecule has 0 aliphatic carbocycles. The average molecular weight is 247 g/mol. The maximum Gasteiger partial charge on any atom is 0.122 e. The van der Waals surface area contributed by atoms with Crippen LogP contribution in [-0.4, -0.2) is 20.2 Å². The Morgan fingerprint density at radius 1 is 1.28 bits per heavy atom. The first-order valence-corrected chi connectivity index (χ1v) is 7.20. The fourth-order valence-corrected chi connectivity index (χ4v) is 2.78. The van der Waals surface area contributed by atoms with Crippen LogP contribution in [0.25, 0.3) is 0 Å². The number of rotatable bonds is 5. The predicted molar refractivity (Wildman–Crippen MR) is 76.3 cm³/mol. The van der Waals surface area contributed by atoms with Gasteiger partial charge < -0.3 is 10.1 Å². The van der Waals surface area contributed by atoms with Gasteiger partial charge in [0.15, 0.2) is 0 Å². The van der Waals surface area contributed by atoms with E-state index in [9.17, 15) is 0 Å². The monoisotopic (exact) mass is 247 g/mol. The van der Waals surface area contributed by atoms with Gasteiger partial charge in [0.25, 0.3) is 0 Å². The molecule has 0 atom stereocenters. The molecule has 0 amide bonds. The third kappa shape index (κ3) is 3.49. The van der Waals surface area contributed by atoms with Crippen molar-refractivity contribution < 1.29 is 4.74 Å². The summed E-state index contributed by atoms with van der Waals surface area (Å²) in [5.41, 5.74) is 2.80. The van der Waals surface area contributed by atoms with Gasteiger partial charge in [-0.2, -0.15) is 0 Å². The largest absolute Gasteiger partial charge is 0.496 e. The number of benzene rings is 1. The number of aryl methyl sites for hydroxylation is 2. The van der Waals surface area contributed by atoms with E-state index in [1.54, 1.807) is 7.11 Å². The minimum Gasteiger partial charge on any atom is -0.496 e. The molecule has 1 heterocycles. The first kappa shape index (κ1) is 13.4. The lowest BCUT2D eigenvalue weighted by atomic mass is 9.91. The second-order valence-electron chi connectivity index (χ2n) is 5.23. The van der Waals surface area contributed by atoms with Crippen LogP contribution in [0.2, 0.25) is 0 Å². The summed E-state index contributed by atoms with van der Waals surface area (Å²) in [6.45, 7) is 4.59. The SMILES string of the molecule is CCc1ccc(OC)c(CCC2CCNCC2)c1. The molecule has 1 aliphatic rings. The maximum absolute atomic E-state index is 5.47. The number of methoxy groups -OCH3 is 1. The van der Waals surface area contributed by atoms with Crippen LogP contribution in [-0.2, 0) is 12.8 Å². The second-order valence-corrected chi connectivity index (χ2v) is 5.23. The molecule has 2 heteroatoms. The lowest BCUT2D eigenvalue weighted by molar-refractivity contribution is 0.350. The molecule has 2 rings (SSSR count). The zero-order valence-corrected chi connectivity index (χ0v) is 11.7. The van der Waals surface area contributed by atoms with Crippen molar-refractivity contribution in [3.8, 4) is 5.75 Å². The van der Waals surface area contributed by atoms with Crippen LogP contribution in [0, 0.1) is 5.92 Å². The van der Waals surface area contributed by atoms with E-state index in [4.69, 9.17) is 4.74 Å². The van der Waals surface area contributed by atoms with E-state index in [0.29, 0.717) is 0 Å². The number of nitrogens with one attached hydrogen (secondary N) is 1. The lowest BCUT2D eigenvalue weighted by Crippen LogP contribution is -2.27. The molecule has 0 saturated carbocycles. The summed E-state index contributed by atoms with van der Waals surface area (Å²) < 4.78 is 5.47. The van der Waals surface area contributed by atoms with E-state index >= 15 is 0 Å². The molecule has 0 spiro atoms. The predicted octanol–water partition coefficient (Wildman–Crippen LogP) is 3.19. The molecule has 1 aliphatic heterocycles. The van der Waals surface area contributed by atoms with Gasteiger partial charge in [0.2, 0.25) is 0 Å². The van der Waals surface area contributed by atoms with Crippen molar-refractivity contribution in [1.29, 1.82) is 0 Å².